The van der Waals surface area contributed by atoms with E-state index < -0.39 is 67.0 Å². The lowest BCUT2D eigenvalue weighted by atomic mass is 9.91. The number of benzene rings is 2. The highest BCUT2D eigenvalue weighted by atomic mass is 19.4. The predicted octanol–water partition coefficient (Wildman–Crippen LogP) is 3.18. The summed E-state index contributed by atoms with van der Waals surface area (Å²) in [6.07, 6.45) is -4.74. The quantitative estimate of drug-likeness (QED) is 0.405. The van der Waals surface area contributed by atoms with Crippen molar-refractivity contribution in [2.45, 2.75) is 50.0 Å². The van der Waals surface area contributed by atoms with Gasteiger partial charge in [0, 0.05) is 19.3 Å². The third kappa shape index (κ3) is 4.66. The van der Waals surface area contributed by atoms with Gasteiger partial charge in [0.05, 0.1) is 0 Å². The van der Waals surface area contributed by atoms with Crippen LogP contribution in [-0.4, -0.2) is 59.5 Å². The first-order valence-corrected chi connectivity index (χ1v) is 12.3. The lowest BCUT2D eigenvalue weighted by Gasteiger charge is -2.32. The molecular formula is C26H25F4N5O4. The maximum Gasteiger partial charge on any atom is 0.408 e. The molecule has 0 radical (unpaired) electrons. The maximum atomic E-state index is 14.0. The van der Waals surface area contributed by atoms with E-state index in [1.54, 1.807) is 18.2 Å². The molecule has 13 heteroatoms. The lowest BCUT2D eigenvalue weighted by molar-refractivity contribution is -0.192. The molecule has 0 aromatic heterocycles. The molecular weight excluding hydrogens is 522 g/mol. The van der Waals surface area contributed by atoms with Crippen molar-refractivity contribution in [1.29, 1.82) is 0 Å². The first kappa shape index (κ1) is 26.4. The van der Waals surface area contributed by atoms with Crippen molar-refractivity contribution in [2.75, 3.05) is 18.9 Å². The number of hydrogen-bond donors (Lipinski definition) is 3. The number of carbonyl (C=O) groups excluding carboxylic acids is 4. The van der Waals surface area contributed by atoms with Gasteiger partial charge in [0.2, 0.25) is 5.91 Å². The van der Waals surface area contributed by atoms with Gasteiger partial charge in [-0.3, -0.25) is 14.5 Å². The molecule has 2 aliphatic heterocycles. The first-order valence-electron chi connectivity index (χ1n) is 12.3. The van der Waals surface area contributed by atoms with Crippen molar-refractivity contribution in [3.05, 3.63) is 64.5 Å². The Morgan fingerprint density at radius 2 is 1.85 bits per heavy atom. The number of anilines is 1. The van der Waals surface area contributed by atoms with E-state index in [4.69, 9.17) is 0 Å². The van der Waals surface area contributed by atoms with E-state index in [0.717, 1.165) is 12.1 Å². The molecule has 206 valence electrons. The van der Waals surface area contributed by atoms with Crippen LogP contribution in [0.15, 0.2) is 36.4 Å². The zero-order chi connectivity index (χ0) is 28.1. The van der Waals surface area contributed by atoms with E-state index in [-0.39, 0.29) is 12.8 Å². The molecule has 39 heavy (non-hydrogen) atoms. The van der Waals surface area contributed by atoms with Crippen molar-refractivity contribution in [2.24, 2.45) is 0 Å². The number of imide groups is 1. The normalized spacial score (nSPS) is 22.3. The minimum atomic E-state index is -4.76. The van der Waals surface area contributed by atoms with Crippen molar-refractivity contribution < 1.29 is 36.7 Å². The van der Waals surface area contributed by atoms with Crippen molar-refractivity contribution in [3.8, 4) is 0 Å². The van der Waals surface area contributed by atoms with Gasteiger partial charge < -0.3 is 20.9 Å². The monoisotopic (exact) mass is 547 g/mol. The van der Waals surface area contributed by atoms with Crippen LogP contribution in [0.25, 0.3) is 0 Å². The fraction of sp³-hybridized carbons (Fsp3) is 0.385. The lowest BCUT2D eigenvalue weighted by Crippen LogP contribution is -2.52. The summed E-state index contributed by atoms with van der Waals surface area (Å²) < 4.78 is 55.7. The summed E-state index contributed by atoms with van der Waals surface area (Å²) in [7, 11) is 1.46. The Hall–Kier alpha value is -4.16. The molecule has 3 aliphatic rings. The summed E-state index contributed by atoms with van der Waals surface area (Å²) in [4.78, 5) is 52.6. The van der Waals surface area contributed by atoms with Crippen LogP contribution in [0.1, 0.15) is 35.1 Å². The van der Waals surface area contributed by atoms with Crippen LogP contribution in [-0.2, 0) is 34.5 Å². The van der Waals surface area contributed by atoms with E-state index >= 15 is 0 Å². The van der Waals surface area contributed by atoms with Crippen molar-refractivity contribution in [1.82, 2.24) is 20.4 Å². The van der Waals surface area contributed by atoms with Crippen molar-refractivity contribution >= 4 is 29.6 Å². The zero-order valence-corrected chi connectivity index (χ0v) is 20.8. The zero-order valence-electron chi connectivity index (χ0n) is 20.8. The molecule has 0 saturated carbocycles. The number of nitrogens with zero attached hydrogens (tertiary/aromatic N) is 2. The minimum Gasteiger partial charge on any atom is -0.341 e. The number of carbonyl (C=O) groups is 4. The van der Waals surface area contributed by atoms with Gasteiger partial charge in [-0.15, -0.1) is 0 Å². The predicted molar refractivity (Wildman–Crippen MR) is 130 cm³/mol. The molecule has 6 amide bonds. The number of aryl methyl sites for hydroxylation is 2. The van der Waals surface area contributed by atoms with Gasteiger partial charge in [0.1, 0.15) is 23.9 Å². The second-order valence-corrected chi connectivity index (χ2v) is 9.83. The summed E-state index contributed by atoms with van der Waals surface area (Å²) in [6.45, 7) is -1.31. The Morgan fingerprint density at radius 3 is 2.56 bits per heavy atom. The Bertz CT molecular complexity index is 1380. The van der Waals surface area contributed by atoms with E-state index in [9.17, 15) is 36.7 Å². The molecule has 2 aromatic carbocycles. The fourth-order valence-corrected chi connectivity index (χ4v) is 5.62. The van der Waals surface area contributed by atoms with Crippen LogP contribution in [0.3, 0.4) is 0 Å². The molecule has 3 N–H and O–H groups in total. The minimum absolute atomic E-state index is 0.0825. The highest BCUT2D eigenvalue weighted by Gasteiger charge is 2.56. The largest absolute Gasteiger partial charge is 0.408 e. The Morgan fingerprint density at radius 1 is 1.08 bits per heavy atom. The SMILES string of the molecule is CNC(=O)Nc1ccc2c(c1)CCC21NC(=O)N(CC(=O)N2Cc3ccc(F)cc3CC[C@H]2C(F)(F)F)C1=O. The molecule has 9 nitrogen and oxygen atoms in total. The molecule has 2 aromatic rings. The average Bonchev–Trinajstić information content (AvgIpc) is 3.25. The fourth-order valence-electron chi connectivity index (χ4n) is 5.62. The number of urea groups is 2. The van der Waals surface area contributed by atoms with Crippen LogP contribution in [0.2, 0.25) is 0 Å². The standard InChI is InChI=1S/C26H25F4N5O4/c1-31-23(38)32-18-5-6-19-15(11-18)8-9-25(19)22(37)35(24(39)33-25)13-21(36)34-12-16-2-4-17(27)10-14(16)3-7-20(34)26(28,29)30/h2,4-6,10-11,20H,3,7-9,12-13H2,1H3,(H,33,39)(H2,31,32,38)/t20-,25?/m0/s1. The van der Waals surface area contributed by atoms with Gasteiger partial charge >= 0.3 is 18.2 Å². The Kier molecular flexibility index (Phi) is 6.47. The van der Waals surface area contributed by atoms with E-state index in [0.29, 0.717) is 44.2 Å². The van der Waals surface area contributed by atoms with E-state index in [2.05, 4.69) is 16.0 Å². The van der Waals surface area contributed by atoms with Crippen LogP contribution in [0, 0.1) is 5.82 Å². The Balaban J connectivity index is 1.39. The van der Waals surface area contributed by atoms with Crippen molar-refractivity contribution in [3.63, 3.8) is 0 Å². The summed E-state index contributed by atoms with van der Waals surface area (Å²) in [5.74, 6) is -2.36. The molecule has 2 heterocycles. The Labute approximate surface area is 220 Å². The number of fused-ring (bicyclic) bond motifs is 3. The molecule has 1 spiro atoms. The van der Waals surface area contributed by atoms with Gasteiger partial charge in [-0.2, -0.15) is 13.2 Å². The van der Waals surface area contributed by atoms with Gasteiger partial charge in [0.25, 0.3) is 5.91 Å². The molecule has 1 fully saturated rings. The van der Waals surface area contributed by atoms with Crippen LogP contribution in [0.4, 0.5) is 32.8 Å². The second kappa shape index (κ2) is 9.54. The number of amides is 6. The number of nitrogens with one attached hydrogen (secondary N) is 3. The number of hydrogen-bond acceptors (Lipinski definition) is 4. The average molecular weight is 548 g/mol. The number of rotatable bonds is 3. The highest BCUT2D eigenvalue weighted by Crippen LogP contribution is 2.42. The highest BCUT2D eigenvalue weighted by molar-refractivity contribution is 6.10. The van der Waals surface area contributed by atoms with Gasteiger partial charge in [-0.25, -0.2) is 14.0 Å². The summed E-state index contributed by atoms with van der Waals surface area (Å²) in [5, 5.41) is 7.70. The summed E-state index contributed by atoms with van der Waals surface area (Å²) >= 11 is 0. The van der Waals surface area contributed by atoms with E-state index in [1.807, 2.05) is 0 Å². The van der Waals surface area contributed by atoms with Gasteiger partial charge in [0.15, 0.2) is 0 Å². The van der Waals surface area contributed by atoms with Crippen LogP contribution >= 0.6 is 0 Å². The second-order valence-electron chi connectivity index (χ2n) is 9.83. The molecule has 5 rings (SSSR count). The summed E-state index contributed by atoms with van der Waals surface area (Å²) in [5.41, 5.74) is 0.979. The molecule has 1 aliphatic carbocycles. The van der Waals surface area contributed by atoms with Gasteiger partial charge in [-0.1, -0.05) is 12.1 Å². The molecule has 1 saturated heterocycles. The smallest absolute Gasteiger partial charge is 0.341 e. The third-order valence-corrected chi connectivity index (χ3v) is 7.56. The number of alkyl halides is 3. The van der Waals surface area contributed by atoms with Crippen LogP contribution < -0.4 is 16.0 Å². The molecule has 2 atom stereocenters. The summed E-state index contributed by atoms with van der Waals surface area (Å²) in [6, 6.07) is 4.99. The maximum absolute atomic E-state index is 14.0. The third-order valence-electron chi connectivity index (χ3n) is 7.56. The number of halogens is 4. The van der Waals surface area contributed by atoms with E-state index in [1.165, 1.54) is 13.1 Å². The molecule has 0 bridgehead atoms. The topological polar surface area (TPSA) is 111 Å². The van der Waals surface area contributed by atoms with Crippen LogP contribution in [0.5, 0.6) is 0 Å². The molecule has 1 unspecified atom stereocenters. The van der Waals surface area contributed by atoms with Gasteiger partial charge in [-0.05, 0) is 72.2 Å². The first-order chi connectivity index (χ1) is 18.4.